The number of aromatic nitrogens is 1. The number of likely N-dealkylation sites (N-methyl/N-ethyl adjacent to an activating group) is 1. The van der Waals surface area contributed by atoms with Crippen LogP contribution in [-0.4, -0.2) is 52.1 Å². The molecule has 1 heterocycles. The van der Waals surface area contributed by atoms with E-state index in [1.54, 1.807) is 0 Å². The third-order valence-electron chi connectivity index (χ3n) is 4.13. The van der Waals surface area contributed by atoms with Crippen LogP contribution in [0.15, 0.2) is 12.3 Å². The largest absolute Gasteiger partial charge is 0.478 e. The van der Waals surface area contributed by atoms with Crippen molar-refractivity contribution in [1.29, 1.82) is 0 Å². The van der Waals surface area contributed by atoms with Crippen LogP contribution in [-0.2, 0) is 0 Å². The number of hydrogen-bond acceptors (Lipinski definition) is 6. The van der Waals surface area contributed by atoms with Crippen LogP contribution in [0.2, 0.25) is 0 Å². The summed E-state index contributed by atoms with van der Waals surface area (Å²) in [6.45, 7) is 0.542. The van der Waals surface area contributed by atoms with E-state index in [1.165, 1.54) is 0 Å². The van der Waals surface area contributed by atoms with E-state index in [2.05, 4.69) is 15.2 Å². The lowest BCUT2D eigenvalue weighted by molar-refractivity contribution is -0.384. The standard InChI is InChI=1S/C13H18N4O4/c1-16(2)13(4-3-5-13)8-15-11-10(17(20)21)6-9(7-14-11)12(18)19/h6-7H,3-5,8H2,1-2H3,(H,14,15)(H,18,19). The second-order valence-electron chi connectivity index (χ2n) is 5.48. The minimum absolute atomic E-state index is 0.0129. The molecule has 2 N–H and O–H groups in total. The number of pyridine rings is 1. The fourth-order valence-corrected chi connectivity index (χ4v) is 2.46. The first-order valence-electron chi connectivity index (χ1n) is 6.65. The summed E-state index contributed by atoms with van der Waals surface area (Å²) >= 11 is 0. The van der Waals surface area contributed by atoms with Crippen molar-refractivity contribution in [1.82, 2.24) is 9.88 Å². The van der Waals surface area contributed by atoms with Gasteiger partial charge in [-0.25, -0.2) is 9.78 Å². The molecule has 0 aliphatic heterocycles. The number of nitrogens with zero attached hydrogens (tertiary/aromatic N) is 3. The number of anilines is 1. The van der Waals surface area contributed by atoms with Crippen molar-refractivity contribution in [3.8, 4) is 0 Å². The van der Waals surface area contributed by atoms with Crippen molar-refractivity contribution in [2.24, 2.45) is 0 Å². The fourth-order valence-electron chi connectivity index (χ4n) is 2.46. The lowest BCUT2D eigenvalue weighted by Crippen LogP contribution is -2.54. The average molecular weight is 294 g/mol. The second kappa shape index (κ2) is 5.65. The van der Waals surface area contributed by atoms with Crippen LogP contribution in [0.4, 0.5) is 11.5 Å². The zero-order chi connectivity index (χ0) is 15.6. The van der Waals surface area contributed by atoms with Gasteiger partial charge in [0.05, 0.1) is 10.5 Å². The highest BCUT2D eigenvalue weighted by Gasteiger charge is 2.39. The zero-order valence-corrected chi connectivity index (χ0v) is 12.0. The molecular weight excluding hydrogens is 276 g/mol. The van der Waals surface area contributed by atoms with Gasteiger partial charge in [-0.2, -0.15) is 0 Å². The van der Waals surface area contributed by atoms with Gasteiger partial charge in [0, 0.05) is 24.3 Å². The van der Waals surface area contributed by atoms with Gasteiger partial charge in [0.1, 0.15) is 0 Å². The van der Waals surface area contributed by atoms with Gasteiger partial charge >= 0.3 is 11.7 Å². The van der Waals surface area contributed by atoms with E-state index in [4.69, 9.17) is 5.11 Å². The molecule has 1 aliphatic carbocycles. The van der Waals surface area contributed by atoms with E-state index >= 15 is 0 Å². The Morgan fingerprint density at radius 1 is 1.57 bits per heavy atom. The Morgan fingerprint density at radius 3 is 2.67 bits per heavy atom. The number of carboxylic acid groups (broad SMARTS) is 1. The molecule has 1 aromatic heterocycles. The third kappa shape index (κ3) is 2.94. The molecule has 1 fully saturated rings. The second-order valence-corrected chi connectivity index (χ2v) is 5.48. The van der Waals surface area contributed by atoms with Crippen LogP contribution in [0, 0.1) is 10.1 Å². The number of hydrogen-bond donors (Lipinski definition) is 2. The first-order chi connectivity index (χ1) is 9.85. The Hall–Kier alpha value is -2.22. The SMILES string of the molecule is CN(C)C1(CNc2ncc(C(=O)O)cc2[N+](=O)[O-])CCC1. The summed E-state index contributed by atoms with van der Waals surface area (Å²) in [5.41, 5.74) is -0.526. The Morgan fingerprint density at radius 2 is 2.24 bits per heavy atom. The van der Waals surface area contributed by atoms with Gasteiger partial charge in [-0.05, 0) is 33.4 Å². The maximum Gasteiger partial charge on any atom is 0.337 e. The van der Waals surface area contributed by atoms with Crippen molar-refractivity contribution in [2.45, 2.75) is 24.8 Å². The first kappa shape index (κ1) is 15.2. The Balaban J connectivity index is 2.20. The highest BCUT2D eigenvalue weighted by atomic mass is 16.6. The summed E-state index contributed by atoms with van der Waals surface area (Å²) in [5, 5.41) is 22.9. The molecule has 1 saturated carbocycles. The van der Waals surface area contributed by atoms with Gasteiger partial charge in [-0.1, -0.05) is 0 Å². The fraction of sp³-hybridized carbons (Fsp3) is 0.538. The Labute approximate surface area is 121 Å². The molecule has 2 rings (SSSR count). The summed E-state index contributed by atoms with van der Waals surface area (Å²) < 4.78 is 0. The number of rotatable bonds is 6. The van der Waals surface area contributed by atoms with Crippen LogP contribution in [0.3, 0.4) is 0 Å². The van der Waals surface area contributed by atoms with Crippen LogP contribution in [0.1, 0.15) is 29.6 Å². The Kier molecular flexibility index (Phi) is 4.08. The number of carbonyl (C=O) groups is 1. The zero-order valence-electron chi connectivity index (χ0n) is 12.0. The monoisotopic (exact) mass is 294 g/mol. The van der Waals surface area contributed by atoms with E-state index in [1.807, 2.05) is 14.1 Å². The van der Waals surface area contributed by atoms with Crippen molar-refractivity contribution < 1.29 is 14.8 Å². The van der Waals surface area contributed by atoms with E-state index in [0.717, 1.165) is 31.5 Å². The van der Waals surface area contributed by atoms with Crippen LogP contribution in [0.25, 0.3) is 0 Å². The number of nitro groups is 1. The maximum absolute atomic E-state index is 11.1. The lowest BCUT2D eigenvalue weighted by atomic mass is 9.75. The molecular formula is C13H18N4O4. The predicted molar refractivity (Wildman–Crippen MR) is 76.6 cm³/mol. The molecule has 0 bridgehead atoms. The molecule has 0 spiro atoms. The van der Waals surface area contributed by atoms with E-state index < -0.39 is 10.9 Å². The highest BCUT2D eigenvalue weighted by Crippen LogP contribution is 2.36. The molecule has 8 nitrogen and oxygen atoms in total. The van der Waals surface area contributed by atoms with Gasteiger partial charge in [0.2, 0.25) is 5.82 Å². The number of carboxylic acids is 1. The molecule has 0 radical (unpaired) electrons. The topological polar surface area (TPSA) is 109 Å². The van der Waals surface area contributed by atoms with Gasteiger partial charge in [0.15, 0.2) is 0 Å². The molecule has 0 saturated heterocycles. The van der Waals surface area contributed by atoms with Gasteiger partial charge in [0.25, 0.3) is 0 Å². The van der Waals surface area contributed by atoms with Crippen LogP contribution < -0.4 is 5.32 Å². The number of nitrogens with one attached hydrogen (secondary N) is 1. The molecule has 1 aliphatic rings. The summed E-state index contributed by atoms with van der Waals surface area (Å²) in [6, 6.07) is 1.03. The van der Waals surface area contributed by atoms with Crippen molar-refractivity contribution >= 4 is 17.5 Å². The normalized spacial score (nSPS) is 16.3. The quantitative estimate of drug-likeness (QED) is 0.605. The van der Waals surface area contributed by atoms with E-state index in [-0.39, 0.29) is 22.6 Å². The average Bonchev–Trinajstić information content (AvgIpc) is 2.36. The highest BCUT2D eigenvalue weighted by molar-refractivity contribution is 5.88. The molecule has 0 amide bonds. The van der Waals surface area contributed by atoms with Crippen LogP contribution in [0.5, 0.6) is 0 Å². The maximum atomic E-state index is 11.1. The summed E-state index contributed by atoms with van der Waals surface area (Å²) in [5.74, 6) is -1.13. The molecule has 8 heteroatoms. The van der Waals surface area contributed by atoms with E-state index in [0.29, 0.717) is 6.54 Å². The minimum atomic E-state index is -1.24. The first-order valence-corrected chi connectivity index (χ1v) is 6.65. The Bertz CT molecular complexity index is 569. The van der Waals surface area contributed by atoms with Crippen LogP contribution >= 0.6 is 0 Å². The molecule has 0 atom stereocenters. The smallest absolute Gasteiger partial charge is 0.337 e. The molecule has 0 aromatic carbocycles. The van der Waals surface area contributed by atoms with Crippen molar-refractivity contribution in [2.75, 3.05) is 26.0 Å². The van der Waals surface area contributed by atoms with Gasteiger partial charge in [-0.3, -0.25) is 10.1 Å². The summed E-state index contributed by atoms with van der Waals surface area (Å²) in [7, 11) is 3.96. The number of aromatic carboxylic acids is 1. The predicted octanol–water partition coefficient (Wildman–Crippen LogP) is 1.58. The summed E-state index contributed by atoms with van der Waals surface area (Å²) in [4.78, 5) is 27.3. The lowest BCUT2D eigenvalue weighted by Gasteiger charge is -2.47. The molecule has 1 aromatic rings. The van der Waals surface area contributed by atoms with Gasteiger partial charge < -0.3 is 15.3 Å². The van der Waals surface area contributed by atoms with Crippen molar-refractivity contribution in [3.05, 3.63) is 27.9 Å². The van der Waals surface area contributed by atoms with Gasteiger partial charge in [-0.15, -0.1) is 0 Å². The minimum Gasteiger partial charge on any atom is -0.478 e. The summed E-state index contributed by atoms with van der Waals surface area (Å²) in [6.07, 6.45) is 4.30. The molecule has 114 valence electrons. The molecule has 21 heavy (non-hydrogen) atoms. The van der Waals surface area contributed by atoms with Crippen molar-refractivity contribution in [3.63, 3.8) is 0 Å². The van der Waals surface area contributed by atoms with E-state index in [9.17, 15) is 14.9 Å². The molecule has 0 unspecified atom stereocenters. The third-order valence-corrected chi connectivity index (χ3v) is 4.13.